The van der Waals surface area contributed by atoms with Gasteiger partial charge in [0.2, 0.25) is 5.91 Å². The Morgan fingerprint density at radius 3 is 2.31 bits per heavy atom. The third-order valence-corrected chi connectivity index (χ3v) is 4.51. The van der Waals surface area contributed by atoms with Gasteiger partial charge < -0.3 is 14.5 Å². The number of aromatic nitrogens is 2. The van der Waals surface area contributed by atoms with E-state index < -0.39 is 4.92 Å². The second-order valence-corrected chi connectivity index (χ2v) is 6.37. The van der Waals surface area contributed by atoms with E-state index in [0.29, 0.717) is 44.2 Å². The molecular weight excluding hydrogens is 342 g/mol. The van der Waals surface area contributed by atoms with Crippen molar-refractivity contribution in [3.8, 4) is 0 Å². The van der Waals surface area contributed by atoms with Crippen molar-refractivity contribution in [2.45, 2.75) is 34.2 Å². The zero-order chi connectivity index (χ0) is 19.4. The molecule has 2 rings (SSSR count). The molecule has 1 unspecified atom stereocenters. The second-order valence-electron chi connectivity index (χ2n) is 6.37. The first-order valence-electron chi connectivity index (χ1n) is 8.65. The summed E-state index contributed by atoms with van der Waals surface area (Å²) in [5.41, 5.74) is 0.780. The van der Waals surface area contributed by atoms with E-state index in [1.165, 1.54) is 4.68 Å². The van der Waals surface area contributed by atoms with Crippen LogP contribution in [0.3, 0.4) is 0 Å². The number of nitro groups is 1. The van der Waals surface area contributed by atoms with Crippen molar-refractivity contribution in [1.82, 2.24) is 19.6 Å². The number of hydrogen-bond acceptors (Lipinski definition) is 6. The number of carbonyl (C=O) groups is 2. The lowest BCUT2D eigenvalue weighted by molar-refractivity contribution is -0.386. The van der Waals surface area contributed by atoms with Crippen LogP contribution in [0.5, 0.6) is 0 Å². The minimum atomic E-state index is -0.449. The highest BCUT2D eigenvalue weighted by molar-refractivity contribution is 5.79. The quantitative estimate of drug-likeness (QED) is 0.574. The Hall–Kier alpha value is -2.65. The zero-order valence-electron chi connectivity index (χ0n) is 15.6. The van der Waals surface area contributed by atoms with E-state index in [4.69, 9.17) is 4.74 Å². The maximum Gasteiger partial charge on any atom is 0.409 e. The van der Waals surface area contributed by atoms with Gasteiger partial charge in [0.05, 0.1) is 24.0 Å². The number of amides is 2. The smallest absolute Gasteiger partial charge is 0.409 e. The number of ether oxygens (including phenoxy) is 1. The van der Waals surface area contributed by atoms with Crippen LogP contribution in [0.4, 0.5) is 10.5 Å². The molecule has 1 fully saturated rings. The molecule has 1 aromatic heterocycles. The lowest BCUT2D eigenvalue weighted by atomic mass is 10.1. The van der Waals surface area contributed by atoms with Gasteiger partial charge in [-0.15, -0.1) is 0 Å². The normalized spacial score (nSPS) is 15.7. The molecule has 0 aliphatic carbocycles. The lowest BCUT2D eigenvalue weighted by Gasteiger charge is -2.35. The molecule has 26 heavy (non-hydrogen) atoms. The molecule has 1 aromatic rings. The maximum atomic E-state index is 12.7. The standard InChI is InChI=1S/C16H25N5O5/c1-5-26-16(23)19-8-6-18(7-9-19)15(22)11(2)10-20-13(4)14(21(24)25)12(3)17-20/h11H,5-10H2,1-4H3. The number of hydrogen-bond donors (Lipinski definition) is 0. The largest absolute Gasteiger partial charge is 0.450 e. The SMILES string of the molecule is CCOC(=O)N1CCN(C(=O)C(C)Cn2nc(C)c([N+](=O)[O-])c2C)CC1. The van der Waals surface area contributed by atoms with Crippen molar-refractivity contribution in [2.75, 3.05) is 32.8 Å². The Labute approximate surface area is 151 Å². The van der Waals surface area contributed by atoms with Crippen molar-refractivity contribution in [3.05, 3.63) is 21.5 Å². The van der Waals surface area contributed by atoms with Gasteiger partial charge in [-0.05, 0) is 20.8 Å². The van der Waals surface area contributed by atoms with E-state index in [1.54, 1.807) is 37.5 Å². The highest BCUT2D eigenvalue weighted by Crippen LogP contribution is 2.23. The summed E-state index contributed by atoms with van der Waals surface area (Å²) in [7, 11) is 0. The fourth-order valence-corrected chi connectivity index (χ4v) is 3.10. The summed E-state index contributed by atoms with van der Waals surface area (Å²) in [6.45, 7) is 9.10. The van der Waals surface area contributed by atoms with Crippen LogP contribution in [-0.4, -0.2) is 69.3 Å². The van der Waals surface area contributed by atoms with Crippen LogP contribution >= 0.6 is 0 Å². The van der Waals surface area contributed by atoms with Gasteiger partial charge in [-0.2, -0.15) is 5.10 Å². The summed E-state index contributed by atoms with van der Waals surface area (Å²) >= 11 is 0. The molecule has 144 valence electrons. The Bertz CT molecular complexity index is 693. The van der Waals surface area contributed by atoms with Crippen LogP contribution in [0, 0.1) is 29.9 Å². The molecule has 2 heterocycles. The van der Waals surface area contributed by atoms with E-state index in [1.807, 2.05) is 0 Å². The van der Waals surface area contributed by atoms with Crippen molar-refractivity contribution in [3.63, 3.8) is 0 Å². The van der Waals surface area contributed by atoms with Crippen LogP contribution in [0.25, 0.3) is 0 Å². The summed E-state index contributed by atoms with van der Waals surface area (Å²) in [5, 5.41) is 15.3. The van der Waals surface area contributed by atoms with Crippen LogP contribution in [0.1, 0.15) is 25.2 Å². The summed E-state index contributed by atoms with van der Waals surface area (Å²) in [5.74, 6) is -0.425. The third kappa shape index (κ3) is 4.12. The highest BCUT2D eigenvalue weighted by Gasteiger charge is 2.29. The number of carbonyl (C=O) groups excluding carboxylic acids is 2. The van der Waals surface area contributed by atoms with Gasteiger partial charge in [0.1, 0.15) is 11.4 Å². The molecule has 1 aliphatic heterocycles. The molecule has 0 spiro atoms. The molecule has 1 aliphatic rings. The molecule has 1 atom stereocenters. The zero-order valence-corrected chi connectivity index (χ0v) is 15.6. The fourth-order valence-electron chi connectivity index (χ4n) is 3.10. The van der Waals surface area contributed by atoms with Gasteiger partial charge in [0.25, 0.3) is 0 Å². The van der Waals surface area contributed by atoms with Crippen LogP contribution in [0.15, 0.2) is 0 Å². The number of aryl methyl sites for hydroxylation is 1. The van der Waals surface area contributed by atoms with Crippen molar-refractivity contribution < 1.29 is 19.2 Å². The molecule has 0 aromatic carbocycles. The van der Waals surface area contributed by atoms with E-state index in [-0.39, 0.29) is 30.2 Å². The summed E-state index contributed by atoms with van der Waals surface area (Å²) < 4.78 is 6.49. The highest BCUT2D eigenvalue weighted by atomic mass is 16.6. The molecule has 10 nitrogen and oxygen atoms in total. The first-order chi connectivity index (χ1) is 12.3. The Morgan fingerprint density at radius 2 is 1.81 bits per heavy atom. The predicted molar refractivity (Wildman–Crippen MR) is 92.7 cm³/mol. The van der Waals surface area contributed by atoms with Crippen molar-refractivity contribution >= 4 is 17.7 Å². The Balaban J connectivity index is 1.96. The molecule has 0 saturated carbocycles. The molecule has 1 saturated heterocycles. The van der Waals surface area contributed by atoms with E-state index in [0.717, 1.165) is 0 Å². The van der Waals surface area contributed by atoms with Crippen LogP contribution in [0.2, 0.25) is 0 Å². The average Bonchev–Trinajstić information content (AvgIpc) is 2.88. The second kappa shape index (κ2) is 8.15. The number of piperazine rings is 1. The summed E-state index contributed by atoms with van der Waals surface area (Å²) in [4.78, 5) is 38.3. The molecule has 10 heteroatoms. The Morgan fingerprint density at radius 1 is 1.23 bits per heavy atom. The van der Waals surface area contributed by atoms with E-state index in [2.05, 4.69) is 5.10 Å². The average molecular weight is 367 g/mol. The summed E-state index contributed by atoms with van der Waals surface area (Å²) in [6.07, 6.45) is -0.359. The first-order valence-corrected chi connectivity index (χ1v) is 8.65. The topological polar surface area (TPSA) is 111 Å². The third-order valence-electron chi connectivity index (χ3n) is 4.51. The van der Waals surface area contributed by atoms with Crippen LogP contribution in [-0.2, 0) is 16.1 Å². The van der Waals surface area contributed by atoms with Gasteiger partial charge in [0.15, 0.2) is 0 Å². The van der Waals surface area contributed by atoms with Crippen molar-refractivity contribution in [2.24, 2.45) is 5.92 Å². The molecule has 0 N–H and O–H groups in total. The lowest BCUT2D eigenvalue weighted by Crippen LogP contribution is -2.52. The van der Waals surface area contributed by atoms with Gasteiger partial charge in [-0.1, -0.05) is 6.92 Å². The monoisotopic (exact) mass is 367 g/mol. The van der Waals surface area contributed by atoms with Gasteiger partial charge in [-0.25, -0.2) is 4.79 Å². The molecule has 0 radical (unpaired) electrons. The number of nitrogens with zero attached hydrogens (tertiary/aromatic N) is 5. The van der Waals surface area contributed by atoms with Gasteiger partial charge >= 0.3 is 11.8 Å². The fraction of sp³-hybridized carbons (Fsp3) is 0.688. The van der Waals surface area contributed by atoms with E-state index >= 15 is 0 Å². The molecule has 2 amide bonds. The van der Waals surface area contributed by atoms with Gasteiger partial charge in [0, 0.05) is 26.2 Å². The van der Waals surface area contributed by atoms with Crippen molar-refractivity contribution in [1.29, 1.82) is 0 Å². The summed E-state index contributed by atoms with van der Waals surface area (Å²) in [6, 6.07) is 0. The predicted octanol–water partition coefficient (Wildman–Crippen LogP) is 1.34. The molecular formula is C16H25N5O5. The van der Waals surface area contributed by atoms with E-state index in [9.17, 15) is 19.7 Å². The van der Waals surface area contributed by atoms with Gasteiger partial charge in [-0.3, -0.25) is 19.6 Å². The van der Waals surface area contributed by atoms with Crippen LogP contribution < -0.4 is 0 Å². The minimum Gasteiger partial charge on any atom is -0.450 e. The minimum absolute atomic E-state index is 0.00676. The molecule has 0 bridgehead atoms. The first kappa shape index (κ1) is 19.7. The maximum absolute atomic E-state index is 12.7. The Kier molecular flexibility index (Phi) is 6.17. The number of rotatable bonds is 5.